The number of azo groups is 1. The van der Waals surface area contributed by atoms with Crippen LogP contribution in [0.2, 0.25) is 0 Å². The Morgan fingerprint density at radius 3 is 2.90 bits per heavy atom. The molecule has 3 aromatic rings. The number of rotatable bonds is 2. The average molecular weight is 287 g/mol. The highest BCUT2D eigenvalue weighted by atomic mass is 19.1. The Hall–Kier alpha value is -2.96. The largest absolute Gasteiger partial charge is 0.493 e. The first-order chi connectivity index (χ1) is 10.1. The van der Waals surface area contributed by atoms with E-state index in [1.807, 2.05) is 0 Å². The first kappa shape index (κ1) is 13.0. The van der Waals surface area contributed by atoms with Gasteiger partial charge in [0, 0.05) is 5.39 Å². The number of benzene rings is 1. The van der Waals surface area contributed by atoms with Gasteiger partial charge in [0.25, 0.3) is 5.91 Å². The molecule has 0 aliphatic heterocycles. The van der Waals surface area contributed by atoms with E-state index in [4.69, 9.17) is 4.42 Å². The second-order valence-corrected chi connectivity index (χ2v) is 4.41. The normalized spacial score (nSPS) is 11.5. The van der Waals surface area contributed by atoms with E-state index in [9.17, 15) is 14.3 Å². The molecule has 0 radical (unpaired) electrons. The van der Waals surface area contributed by atoms with E-state index in [1.54, 1.807) is 6.92 Å². The highest BCUT2D eigenvalue weighted by molar-refractivity contribution is 5.97. The average Bonchev–Trinajstić information content (AvgIpc) is 2.99. The van der Waals surface area contributed by atoms with Gasteiger partial charge in [-0.1, -0.05) is 0 Å². The Morgan fingerprint density at radius 1 is 1.38 bits per heavy atom. The molecular weight excluding hydrogens is 277 g/mol. The van der Waals surface area contributed by atoms with E-state index in [2.05, 4.69) is 15.2 Å². The molecule has 0 saturated carbocycles. The number of aromatic hydroxyl groups is 1. The Kier molecular flexibility index (Phi) is 3.02. The molecule has 6 nitrogen and oxygen atoms in total. The second-order valence-electron chi connectivity index (χ2n) is 4.41. The van der Waals surface area contributed by atoms with Gasteiger partial charge in [-0.3, -0.25) is 4.79 Å². The summed E-state index contributed by atoms with van der Waals surface area (Å²) in [6.07, 6.45) is 1.37. The lowest BCUT2D eigenvalue weighted by molar-refractivity contribution is 0.0993. The number of hydrogen-bond donors (Lipinski definition) is 2. The molecule has 7 heteroatoms. The number of halogens is 1. The van der Waals surface area contributed by atoms with Gasteiger partial charge in [0.05, 0.1) is 17.3 Å². The van der Waals surface area contributed by atoms with E-state index in [0.29, 0.717) is 16.7 Å². The Morgan fingerprint density at radius 2 is 2.19 bits per heavy atom. The summed E-state index contributed by atoms with van der Waals surface area (Å²) in [6.45, 7) is 1.63. The highest BCUT2D eigenvalue weighted by Gasteiger charge is 2.14. The first-order valence-corrected chi connectivity index (χ1v) is 6.06. The molecule has 106 valence electrons. The van der Waals surface area contributed by atoms with Crippen LogP contribution in [0.5, 0.6) is 5.88 Å². The molecule has 2 aromatic heterocycles. The second kappa shape index (κ2) is 4.86. The number of aryl methyl sites for hydroxylation is 1. The lowest BCUT2D eigenvalue weighted by atomic mass is 10.2. The lowest BCUT2D eigenvalue weighted by Gasteiger charge is -1.93. The Bertz CT molecular complexity index is 864. The number of H-pyrrole nitrogens is 1. The van der Waals surface area contributed by atoms with Crippen molar-refractivity contribution in [1.82, 2.24) is 4.98 Å². The smallest absolute Gasteiger partial charge is 0.298 e. The number of aromatic amines is 1. The van der Waals surface area contributed by atoms with Crippen molar-refractivity contribution >= 4 is 22.5 Å². The fourth-order valence-corrected chi connectivity index (χ4v) is 1.99. The van der Waals surface area contributed by atoms with Crippen molar-refractivity contribution in [3.05, 3.63) is 47.7 Å². The fourth-order valence-electron chi connectivity index (χ4n) is 1.99. The van der Waals surface area contributed by atoms with Crippen molar-refractivity contribution < 1.29 is 18.7 Å². The quantitative estimate of drug-likeness (QED) is 0.701. The zero-order valence-corrected chi connectivity index (χ0v) is 10.9. The van der Waals surface area contributed by atoms with Gasteiger partial charge in [0.1, 0.15) is 11.6 Å². The van der Waals surface area contributed by atoms with Gasteiger partial charge in [-0.25, -0.2) is 4.39 Å². The molecule has 0 aliphatic carbocycles. The molecule has 0 spiro atoms. The molecule has 21 heavy (non-hydrogen) atoms. The molecule has 0 atom stereocenters. The van der Waals surface area contributed by atoms with Gasteiger partial charge >= 0.3 is 0 Å². The fraction of sp³-hybridized carbons (Fsp3) is 0.0714. The molecule has 1 aromatic carbocycles. The SMILES string of the molecule is Cc1occc1C(=O)N=Nc1c(O)[nH]c2ccc(F)cc12. The highest BCUT2D eigenvalue weighted by Crippen LogP contribution is 2.35. The van der Waals surface area contributed by atoms with E-state index in [-0.39, 0.29) is 17.1 Å². The van der Waals surface area contributed by atoms with Crippen molar-refractivity contribution in [2.45, 2.75) is 6.92 Å². The summed E-state index contributed by atoms with van der Waals surface area (Å²) in [6, 6.07) is 5.39. The van der Waals surface area contributed by atoms with Crippen LogP contribution < -0.4 is 0 Å². The third-order valence-electron chi connectivity index (χ3n) is 3.04. The minimum atomic E-state index is -0.605. The van der Waals surface area contributed by atoms with Crippen LogP contribution in [-0.4, -0.2) is 16.0 Å². The van der Waals surface area contributed by atoms with E-state index >= 15 is 0 Å². The van der Waals surface area contributed by atoms with E-state index in [0.717, 1.165) is 0 Å². The predicted octanol–water partition coefficient (Wildman–Crippen LogP) is 3.84. The number of furan rings is 1. The van der Waals surface area contributed by atoms with Gasteiger partial charge in [-0.2, -0.15) is 0 Å². The van der Waals surface area contributed by atoms with Crippen LogP contribution in [-0.2, 0) is 0 Å². The molecule has 0 fully saturated rings. The number of carbonyl (C=O) groups excluding carboxylic acids is 1. The van der Waals surface area contributed by atoms with Crippen molar-refractivity contribution in [3.8, 4) is 5.88 Å². The summed E-state index contributed by atoms with van der Waals surface area (Å²) in [5.41, 5.74) is 0.790. The predicted molar refractivity (Wildman–Crippen MR) is 72.2 cm³/mol. The number of nitrogens with zero attached hydrogens (tertiary/aromatic N) is 2. The third-order valence-corrected chi connectivity index (χ3v) is 3.04. The van der Waals surface area contributed by atoms with Crippen LogP contribution in [0.15, 0.2) is 45.2 Å². The van der Waals surface area contributed by atoms with E-state index < -0.39 is 11.7 Å². The molecule has 0 unspecified atom stereocenters. The summed E-state index contributed by atoms with van der Waals surface area (Å²) in [5, 5.41) is 17.4. The molecular formula is C14H10FN3O3. The third kappa shape index (κ3) is 2.29. The van der Waals surface area contributed by atoms with Crippen LogP contribution in [0.4, 0.5) is 10.1 Å². The first-order valence-electron chi connectivity index (χ1n) is 6.06. The maximum absolute atomic E-state index is 13.3. The van der Waals surface area contributed by atoms with Crippen LogP contribution in [0, 0.1) is 12.7 Å². The number of fused-ring (bicyclic) bond motifs is 1. The molecule has 1 amide bonds. The maximum atomic E-state index is 13.3. The number of carbonyl (C=O) groups is 1. The Balaban J connectivity index is 2.00. The molecule has 3 rings (SSSR count). The van der Waals surface area contributed by atoms with Gasteiger partial charge < -0.3 is 14.5 Å². The van der Waals surface area contributed by atoms with Crippen molar-refractivity contribution in [3.63, 3.8) is 0 Å². The Labute approximate surface area is 117 Å². The summed E-state index contributed by atoms with van der Waals surface area (Å²) in [7, 11) is 0. The lowest BCUT2D eigenvalue weighted by Crippen LogP contribution is -1.92. The van der Waals surface area contributed by atoms with Crippen molar-refractivity contribution in [2.75, 3.05) is 0 Å². The maximum Gasteiger partial charge on any atom is 0.298 e. The summed E-state index contributed by atoms with van der Waals surface area (Å²) in [5.74, 6) is -0.939. The van der Waals surface area contributed by atoms with Crippen LogP contribution in [0.3, 0.4) is 0 Å². The van der Waals surface area contributed by atoms with Crippen LogP contribution in [0.1, 0.15) is 16.1 Å². The minimum absolute atomic E-state index is 0.0130. The monoisotopic (exact) mass is 287 g/mol. The molecule has 0 bridgehead atoms. The zero-order valence-electron chi connectivity index (χ0n) is 10.9. The standard InChI is InChI=1S/C14H10FN3O3/c1-7-9(4-5-21-7)13(19)18-17-12-10-6-8(15)2-3-11(10)16-14(12)20/h2-6,16,20H,1H3. The van der Waals surface area contributed by atoms with Crippen LogP contribution >= 0.6 is 0 Å². The number of nitrogens with one attached hydrogen (secondary N) is 1. The van der Waals surface area contributed by atoms with Gasteiger partial charge in [-0.15, -0.1) is 10.2 Å². The topological polar surface area (TPSA) is 90.9 Å². The van der Waals surface area contributed by atoms with Gasteiger partial charge in [-0.05, 0) is 31.2 Å². The number of amides is 1. The van der Waals surface area contributed by atoms with E-state index in [1.165, 1.54) is 30.5 Å². The summed E-state index contributed by atoms with van der Waals surface area (Å²) < 4.78 is 18.3. The van der Waals surface area contributed by atoms with Crippen molar-refractivity contribution in [1.29, 1.82) is 0 Å². The number of aromatic nitrogens is 1. The van der Waals surface area contributed by atoms with Crippen molar-refractivity contribution in [2.24, 2.45) is 10.2 Å². The number of hydrogen-bond acceptors (Lipinski definition) is 4. The molecule has 2 heterocycles. The summed E-state index contributed by atoms with van der Waals surface area (Å²) >= 11 is 0. The van der Waals surface area contributed by atoms with Gasteiger partial charge in [0.2, 0.25) is 5.88 Å². The molecule has 0 saturated heterocycles. The molecule has 2 N–H and O–H groups in total. The molecule has 0 aliphatic rings. The summed E-state index contributed by atoms with van der Waals surface area (Å²) in [4.78, 5) is 14.5. The zero-order chi connectivity index (χ0) is 15.0. The van der Waals surface area contributed by atoms with Crippen LogP contribution in [0.25, 0.3) is 10.9 Å². The minimum Gasteiger partial charge on any atom is -0.493 e. The van der Waals surface area contributed by atoms with Gasteiger partial charge in [0.15, 0.2) is 5.69 Å².